The van der Waals surface area contributed by atoms with E-state index in [0.29, 0.717) is 10.7 Å². The van der Waals surface area contributed by atoms with Crippen LogP contribution in [0.3, 0.4) is 0 Å². The second-order valence-corrected chi connectivity index (χ2v) is 5.87. The van der Waals surface area contributed by atoms with Crippen LogP contribution in [-0.4, -0.2) is 15.9 Å². The Morgan fingerprint density at radius 2 is 2.06 bits per heavy atom. The molecule has 0 radical (unpaired) electrons. The molecule has 0 aliphatic rings. The van der Waals surface area contributed by atoms with E-state index in [2.05, 4.69) is 36.1 Å². The van der Waals surface area contributed by atoms with Gasteiger partial charge in [-0.1, -0.05) is 20.8 Å². The topological polar surface area (TPSA) is 54.9 Å². The highest BCUT2D eigenvalue weighted by Crippen LogP contribution is 2.21. The Bertz CT molecular complexity index is 544. The van der Waals surface area contributed by atoms with Crippen LogP contribution in [-0.2, 0) is 5.41 Å². The van der Waals surface area contributed by atoms with Crippen molar-refractivity contribution in [2.45, 2.75) is 26.2 Å². The molecule has 18 heavy (non-hydrogen) atoms. The first kappa shape index (κ1) is 12.7. The average Bonchev–Trinajstić information content (AvgIpc) is 2.81. The van der Waals surface area contributed by atoms with Gasteiger partial charge in [-0.15, -0.1) is 11.3 Å². The molecule has 94 valence electrons. The zero-order valence-electron chi connectivity index (χ0n) is 10.6. The van der Waals surface area contributed by atoms with Gasteiger partial charge in [-0.25, -0.2) is 4.98 Å². The summed E-state index contributed by atoms with van der Waals surface area (Å²) in [5.74, 6) is -0.155. The minimum Gasteiger partial charge on any atom is -0.298 e. The van der Waals surface area contributed by atoms with E-state index in [-0.39, 0.29) is 11.3 Å². The van der Waals surface area contributed by atoms with Crippen LogP contribution in [0.2, 0.25) is 0 Å². The van der Waals surface area contributed by atoms with E-state index < -0.39 is 0 Å². The first-order chi connectivity index (χ1) is 8.47. The van der Waals surface area contributed by atoms with Crippen LogP contribution >= 0.6 is 11.3 Å². The molecule has 0 saturated carbocycles. The molecule has 0 unspecified atom stereocenters. The molecule has 1 amide bonds. The molecule has 1 N–H and O–H groups in total. The highest BCUT2D eigenvalue weighted by Gasteiger charge is 2.17. The molecule has 5 heteroatoms. The van der Waals surface area contributed by atoms with Crippen LogP contribution in [0.25, 0.3) is 0 Å². The summed E-state index contributed by atoms with van der Waals surface area (Å²) in [5, 5.41) is 5.19. The van der Waals surface area contributed by atoms with Crippen molar-refractivity contribution in [1.82, 2.24) is 9.97 Å². The van der Waals surface area contributed by atoms with E-state index in [9.17, 15) is 4.79 Å². The number of hydrogen-bond acceptors (Lipinski definition) is 4. The van der Waals surface area contributed by atoms with Gasteiger partial charge in [0.1, 0.15) is 0 Å². The first-order valence-corrected chi connectivity index (χ1v) is 6.52. The van der Waals surface area contributed by atoms with E-state index in [4.69, 9.17) is 0 Å². The molecular formula is C13H15N3OS. The summed E-state index contributed by atoms with van der Waals surface area (Å²) in [6.07, 6.45) is 3.32. The van der Waals surface area contributed by atoms with Gasteiger partial charge in [0.25, 0.3) is 5.91 Å². The van der Waals surface area contributed by atoms with Gasteiger partial charge in [-0.05, 0) is 12.1 Å². The summed E-state index contributed by atoms with van der Waals surface area (Å²) in [6, 6.07) is 3.53. The molecule has 0 aromatic carbocycles. The standard InChI is InChI=1S/C13H15N3OS/c1-13(2,3)10-8-9(4-5-14-10)11(17)16-12-15-6-7-18-12/h4-8H,1-3H3,(H,15,16,17). The number of carbonyl (C=O) groups is 1. The van der Waals surface area contributed by atoms with Crippen LogP contribution in [0.15, 0.2) is 29.9 Å². The van der Waals surface area contributed by atoms with Crippen molar-refractivity contribution in [3.8, 4) is 0 Å². The molecule has 2 rings (SSSR count). The number of nitrogens with zero attached hydrogens (tertiary/aromatic N) is 2. The maximum atomic E-state index is 12.0. The molecule has 0 saturated heterocycles. The van der Waals surface area contributed by atoms with Gasteiger partial charge in [0.2, 0.25) is 0 Å². The number of aromatic nitrogens is 2. The quantitative estimate of drug-likeness (QED) is 0.903. The van der Waals surface area contributed by atoms with E-state index in [1.807, 2.05) is 11.4 Å². The number of anilines is 1. The van der Waals surface area contributed by atoms with Crippen molar-refractivity contribution in [2.24, 2.45) is 0 Å². The summed E-state index contributed by atoms with van der Waals surface area (Å²) >= 11 is 1.40. The Hall–Kier alpha value is -1.75. The second-order valence-electron chi connectivity index (χ2n) is 4.97. The molecule has 2 heterocycles. The fourth-order valence-electron chi connectivity index (χ4n) is 1.44. The van der Waals surface area contributed by atoms with Gasteiger partial charge in [0.15, 0.2) is 5.13 Å². The summed E-state index contributed by atoms with van der Waals surface area (Å²) in [7, 11) is 0. The van der Waals surface area contributed by atoms with Crippen LogP contribution in [0.5, 0.6) is 0 Å². The van der Waals surface area contributed by atoms with Gasteiger partial charge in [0, 0.05) is 34.4 Å². The molecule has 2 aromatic heterocycles. The van der Waals surface area contributed by atoms with Crippen LogP contribution < -0.4 is 5.32 Å². The Morgan fingerprint density at radius 3 is 2.67 bits per heavy atom. The average molecular weight is 261 g/mol. The van der Waals surface area contributed by atoms with Gasteiger partial charge in [-0.2, -0.15) is 0 Å². The lowest BCUT2D eigenvalue weighted by Gasteiger charge is -2.17. The number of rotatable bonds is 2. The SMILES string of the molecule is CC(C)(C)c1cc(C(=O)Nc2nccs2)ccn1. The Labute approximate surface area is 110 Å². The zero-order valence-corrected chi connectivity index (χ0v) is 11.4. The molecule has 0 aliphatic heterocycles. The van der Waals surface area contributed by atoms with Gasteiger partial charge < -0.3 is 0 Å². The number of thiazole rings is 1. The highest BCUT2D eigenvalue weighted by molar-refractivity contribution is 7.13. The second kappa shape index (κ2) is 4.86. The maximum Gasteiger partial charge on any atom is 0.257 e. The largest absolute Gasteiger partial charge is 0.298 e. The lowest BCUT2D eigenvalue weighted by Crippen LogP contribution is -2.17. The van der Waals surface area contributed by atoms with E-state index in [0.717, 1.165) is 5.69 Å². The fourth-order valence-corrected chi connectivity index (χ4v) is 1.96. The van der Waals surface area contributed by atoms with Gasteiger partial charge >= 0.3 is 0 Å². The van der Waals surface area contributed by atoms with Crippen molar-refractivity contribution < 1.29 is 4.79 Å². The van der Waals surface area contributed by atoms with Crippen molar-refractivity contribution in [3.63, 3.8) is 0 Å². The molecule has 0 bridgehead atoms. The van der Waals surface area contributed by atoms with E-state index in [1.165, 1.54) is 11.3 Å². The third-order valence-corrected chi connectivity index (χ3v) is 3.13. The maximum absolute atomic E-state index is 12.0. The summed E-state index contributed by atoms with van der Waals surface area (Å²) in [5.41, 5.74) is 1.43. The molecule has 4 nitrogen and oxygen atoms in total. The molecule has 0 atom stereocenters. The first-order valence-electron chi connectivity index (χ1n) is 5.64. The molecule has 0 aliphatic carbocycles. The Morgan fingerprint density at radius 1 is 1.28 bits per heavy atom. The monoisotopic (exact) mass is 261 g/mol. The van der Waals surface area contributed by atoms with Crippen LogP contribution in [0.4, 0.5) is 5.13 Å². The summed E-state index contributed by atoms with van der Waals surface area (Å²) < 4.78 is 0. The Balaban J connectivity index is 2.21. The third-order valence-electron chi connectivity index (χ3n) is 2.44. The summed E-state index contributed by atoms with van der Waals surface area (Å²) in [6.45, 7) is 6.20. The third kappa shape index (κ3) is 2.92. The lowest BCUT2D eigenvalue weighted by molar-refractivity contribution is 0.102. The molecule has 0 spiro atoms. The minimum atomic E-state index is -0.155. The van der Waals surface area contributed by atoms with Gasteiger partial charge in [-0.3, -0.25) is 15.1 Å². The Kier molecular flexibility index (Phi) is 3.43. The van der Waals surface area contributed by atoms with Crippen molar-refractivity contribution >= 4 is 22.4 Å². The van der Waals surface area contributed by atoms with Gasteiger partial charge in [0.05, 0.1) is 0 Å². The number of carbonyl (C=O) groups excluding carboxylic acids is 1. The van der Waals surface area contributed by atoms with E-state index in [1.54, 1.807) is 18.5 Å². The van der Waals surface area contributed by atoms with E-state index >= 15 is 0 Å². The number of pyridine rings is 1. The smallest absolute Gasteiger partial charge is 0.257 e. The number of hydrogen-bond donors (Lipinski definition) is 1. The zero-order chi connectivity index (χ0) is 13.2. The van der Waals surface area contributed by atoms with Crippen molar-refractivity contribution in [2.75, 3.05) is 5.32 Å². The summed E-state index contributed by atoms with van der Waals surface area (Å²) in [4.78, 5) is 20.3. The van der Waals surface area contributed by atoms with Crippen molar-refractivity contribution in [3.05, 3.63) is 41.2 Å². The molecule has 2 aromatic rings. The van der Waals surface area contributed by atoms with Crippen molar-refractivity contribution in [1.29, 1.82) is 0 Å². The molecule has 0 fully saturated rings. The fraction of sp³-hybridized carbons (Fsp3) is 0.308. The minimum absolute atomic E-state index is 0.0720. The highest BCUT2D eigenvalue weighted by atomic mass is 32.1. The van der Waals surface area contributed by atoms with Crippen LogP contribution in [0, 0.1) is 0 Å². The normalized spacial score (nSPS) is 11.3. The predicted molar refractivity (Wildman–Crippen MR) is 73.0 cm³/mol. The lowest BCUT2D eigenvalue weighted by atomic mass is 9.91. The molecular weight excluding hydrogens is 246 g/mol. The number of amides is 1. The van der Waals surface area contributed by atoms with Crippen LogP contribution in [0.1, 0.15) is 36.8 Å². The predicted octanol–water partition coefficient (Wildman–Crippen LogP) is 3.09. The number of nitrogens with one attached hydrogen (secondary N) is 1.